The van der Waals surface area contributed by atoms with Crippen LogP contribution in [0.2, 0.25) is 0 Å². The Morgan fingerprint density at radius 2 is 1.96 bits per heavy atom. The van der Waals surface area contributed by atoms with E-state index in [-0.39, 0.29) is 34.6 Å². The van der Waals surface area contributed by atoms with Gasteiger partial charge >= 0.3 is 5.97 Å². The molecule has 0 radical (unpaired) electrons. The molecule has 0 saturated carbocycles. The minimum atomic E-state index is -0.615. The SMILES string of the molecule is CNC(=O)c1cc([N+](=O)[O-])ccc1NCc1cc(C(=O)OC)ccc1F. The molecule has 0 bridgehead atoms. The van der Waals surface area contributed by atoms with Crippen LogP contribution in [0.3, 0.4) is 0 Å². The van der Waals surface area contributed by atoms with Gasteiger partial charge in [-0.05, 0) is 24.3 Å². The van der Waals surface area contributed by atoms with Gasteiger partial charge in [0.2, 0.25) is 0 Å². The molecular weight excluding hydrogens is 345 g/mol. The van der Waals surface area contributed by atoms with Crippen LogP contribution in [0.15, 0.2) is 36.4 Å². The number of nitro groups is 1. The number of methoxy groups -OCH3 is 1. The smallest absolute Gasteiger partial charge is 0.337 e. The molecule has 1 amide bonds. The molecule has 2 rings (SSSR count). The summed E-state index contributed by atoms with van der Waals surface area (Å²) >= 11 is 0. The topological polar surface area (TPSA) is 111 Å². The number of rotatable bonds is 6. The number of amides is 1. The molecule has 0 aromatic heterocycles. The number of ether oxygens (including phenoxy) is 1. The number of esters is 1. The van der Waals surface area contributed by atoms with Crippen molar-refractivity contribution >= 4 is 23.3 Å². The number of non-ortho nitro benzene ring substituents is 1. The van der Waals surface area contributed by atoms with E-state index in [2.05, 4.69) is 15.4 Å². The van der Waals surface area contributed by atoms with Crippen molar-refractivity contribution in [2.45, 2.75) is 6.54 Å². The quantitative estimate of drug-likeness (QED) is 0.465. The van der Waals surface area contributed by atoms with Gasteiger partial charge in [-0.25, -0.2) is 9.18 Å². The number of hydrogen-bond acceptors (Lipinski definition) is 6. The van der Waals surface area contributed by atoms with Gasteiger partial charge < -0.3 is 15.4 Å². The molecule has 0 atom stereocenters. The number of carbonyl (C=O) groups is 2. The molecule has 0 aliphatic heterocycles. The van der Waals surface area contributed by atoms with Gasteiger partial charge in [0.1, 0.15) is 5.82 Å². The first-order chi connectivity index (χ1) is 12.4. The summed E-state index contributed by atoms with van der Waals surface area (Å²) < 4.78 is 18.6. The van der Waals surface area contributed by atoms with E-state index in [0.717, 1.165) is 12.1 Å². The number of carbonyl (C=O) groups excluding carboxylic acids is 2. The van der Waals surface area contributed by atoms with E-state index in [9.17, 15) is 24.1 Å². The van der Waals surface area contributed by atoms with Crippen LogP contribution >= 0.6 is 0 Å². The lowest BCUT2D eigenvalue weighted by molar-refractivity contribution is -0.384. The zero-order valence-corrected chi connectivity index (χ0v) is 14.0. The molecule has 0 aliphatic carbocycles. The van der Waals surface area contributed by atoms with Crippen LogP contribution in [0.4, 0.5) is 15.8 Å². The average molecular weight is 361 g/mol. The highest BCUT2D eigenvalue weighted by Gasteiger charge is 2.16. The predicted molar refractivity (Wildman–Crippen MR) is 91.6 cm³/mol. The first-order valence-electron chi connectivity index (χ1n) is 7.48. The van der Waals surface area contributed by atoms with Crippen molar-refractivity contribution in [3.05, 3.63) is 69.0 Å². The molecule has 0 spiro atoms. The molecule has 8 nitrogen and oxygen atoms in total. The number of hydrogen-bond donors (Lipinski definition) is 2. The van der Waals surface area contributed by atoms with E-state index in [0.29, 0.717) is 0 Å². The third-order valence-corrected chi connectivity index (χ3v) is 3.62. The number of halogens is 1. The minimum absolute atomic E-state index is 0.0432. The Kier molecular flexibility index (Phi) is 5.84. The van der Waals surface area contributed by atoms with E-state index in [1.54, 1.807) is 0 Å². The lowest BCUT2D eigenvalue weighted by atomic mass is 10.1. The molecule has 0 fully saturated rings. The number of nitrogens with one attached hydrogen (secondary N) is 2. The summed E-state index contributed by atoms with van der Waals surface area (Å²) in [6, 6.07) is 7.49. The van der Waals surface area contributed by atoms with Gasteiger partial charge in [0.25, 0.3) is 11.6 Å². The summed E-state index contributed by atoms with van der Waals surface area (Å²) in [4.78, 5) is 33.8. The molecule has 9 heteroatoms. The van der Waals surface area contributed by atoms with Crippen molar-refractivity contribution in [2.75, 3.05) is 19.5 Å². The van der Waals surface area contributed by atoms with Gasteiger partial charge in [-0.1, -0.05) is 0 Å². The van der Waals surface area contributed by atoms with Crippen LogP contribution in [0.1, 0.15) is 26.3 Å². The highest BCUT2D eigenvalue weighted by Crippen LogP contribution is 2.23. The van der Waals surface area contributed by atoms with Crippen molar-refractivity contribution in [1.82, 2.24) is 5.32 Å². The van der Waals surface area contributed by atoms with E-state index >= 15 is 0 Å². The van der Waals surface area contributed by atoms with E-state index in [4.69, 9.17) is 0 Å². The number of anilines is 1. The fourth-order valence-electron chi connectivity index (χ4n) is 2.27. The molecular formula is C17H16FN3O5. The fourth-order valence-corrected chi connectivity index (χ4v) is 2.27. The number of nitro benzene ring substituents is 1. The standard InChI is InChI=1S/C17H16FN3O5/c1-19-16(22)13-8-12(21(24)25)4-6-15(13)20-9-11-7-10(17(23)26-2)3-5-14(11)18/h3-8,20H,9H2,1-2H3,(H,19,22). The van der Waals surface area contributed by atoms with Crippen LogP contribution in [0, 0.1) is 15.9 Å². The summed E-state index contributed by atoms with van der Waals surface area (Å²) in [6.45, 7) is -0.0432. The molecule has 2 aromatic carbocycles. The second-order valence-corrected chi connectivity index (χ2v) is 5.22. The third kappa shape index (κ3) is 4.12. The summed E-state index contributed by atoms with van der Waals surface area (Å²) in [5, 5.41) is 16.1. The largest absolute Gasteiger partial charge is 0.465 e. The minimum Gasteiger partial charge on any atom is -0.465 e. The molecule has 26 heavy (non-hydrogen) atoms. The molecule has 136 valence electrons. The van der Waals surface area contributed by atoms with Gasteiger partial charge in [0.05, 0.1) is 23.2 Å². The Hall–Kier alpha value is -3.49. The number of benzene rings is 2. The Morgan fingerprint density at radius 1 is 1.23 bits per heavy atom. The Labute approximate surface area is 148 Å². The zero-order valence-electron chi connectivity index (χ0n) is 14.0. The van der Waals surface area contributed by atoms with Gasteiger partial charge in [0.15, 0.2) is 0 Å². The van der Waals surface area contributed by atoms with E-state index < -0.39 is 22.6 Å². The summed E-state index contributed by atoms with van der Waals surface area (Å²) in [6.07, 6.45) is 0. The first kappa shape index (κ1) is 18.8. The second kappa shape index (κ2) is 8.06. The Morgan fingerprint density at radius 3 is 2.58 bits per heavy atom. The van der Waals surface area contributed by atoms with Crippen molar-refractivity contribution in [3.8, 4) is 0 Å². The van der Waals surface area contributed by atoms with Crippen molar-refractivity contribution in [3.63, 3.8) is 0 Å². The van der Waals surface area contributed by atoms with E-state index in [1.807, 2.05) is 0 Å². The summed E-state index contributed by atoms with van der Waals surface area (Å²) in [5.74, 6) is -1.68. The maximum absolute atomic E-state index is 14.0. The average Bonchev–Trinajstić information content (AvgIpc) is 2.65. The summed E-state index contributed by atoms with van der Waals surface area (Å²) in [7, 11) is 2.61. The first-order valence-corrected chi connectivity index (χ1v) is 7.48. The molecule has 0 heterocycles. The maximum atomic E-state index is 14.0. The van der Waals surface area contributed by atoms with Gasteiger partial charge in [-0.3, -0.25) is 14.9 Å². The molecule has 0 aliphatic rings. The second-order valence-electron chi connectivity index (χ2n) is 5.22. The highest BCUT2D eigenvalue weighted by molar-refractivity contribution is 6.00. The van der Waals surface area contributed by atoms with Crippen molar-refractivity contribution in [1.29, 1.82) is 0 Å². The van der Waals surface area contributed by atoms with E-state index in [1.165, 1.54) is 38.4 Å². The number of nitrogens with zero attached hydrogens (tertiary/aromatic N) is 1. The van der Waals surface area contributed by atoms with Crippen molar-refractivity contribution in [2.24, 2.45) is 0 Å². The summed E-state index contributed by atoms with van der Waals surface area (Å²) in [5.41, 5.74) is 0.451. The molecule has 0 saturated heterocycles. The van der Waals surface area contributed by atoms with Gasteiger partial charge in [-0.15, -0.1) is 0 Å². The van der Waals surface area contributed by atoms with Crippen LogP contribution in [0.5, 0.6) is 0 Å². The van der Waals surface area contributed by atoms with Crippen LogP contribution in [-0.4, -0.2) is 31.0 Å². The van der Waals surface area contributed by atoms with Gasteiger partial charge in [-0.2, -0.15) is 0 Å². The zero-order chi connectivity index (χ0) is 19.3. The van der Waals surface area contributed by atoms with Crippen LogP contribution in [-0.2, 0) is 11.3 Å². The predicted octanol–water partition coefficient (Wildman–Crippen LogP) is 2.49. The van der Waals surface area contributed by atoms with Crippen LogP contribution < -0.4 is 10.6 Å². The Balaban J connectivity index is 2.30. The normalized spacial score (nSPS) is 10.1. The maximum Gasteiger partial charge on any atom is 0.337 e. The van der Waals surface area contributed by atoms with Crippen molar-refractivity contribution < 1.29 is 23.6 Å². The lowest BCUT2D eigenvalue weighted by Gasteiger charge is -2.12. The highest BCUT2D eigenvalue weighted by atomic mass is 19.1. The molecule has 0 unspecified atom stereocenters. The molecule has 2 N–H and O–H groups in total. The Bertz CT molecular complexity index is 869. The molecule has 2 aromatic rings. The van der Waals surface area contributed by atoms with Crippen LogP contribution in [0.25, 0.3) is 0 Å². The van der Waals surface area contributed by atoms with Gasteiger partial charge in [0, 0.05) is 37.0 Å². The fraction of sp³-hybridized carbons (Fsp3) is 0.176. The monoisotopic (exact) mass is 361 g/mol. The third-order valence-electron chi connectivity index (χ3n) is 3.62. The lowest BCUT2D eigenvalue weighted by Crippen LogP contribution is -2.20.